The molecule has 0 spiro atoms. The lowest BCUT2D eigenvalue weighted by atomic mass is 10.1. The fraction of sp³-hybridized carbons (Fsp3) is 0.462. The molecule has 4 aromatic heterocycles. The van der Waals surface area contributed by atoms with E-state index in [-0.39, 0.29) is 6.04 Å². The predicted octanol–water partition coefficient (Wildman–Crippen LogP) is 4.98. The summed E-state index contributed by atoms with van der Waals surface area (Å²) >= 11 is 0. The Hall–Kier alpha value is -3.33. The molecule has 182 valence electrons. The van der Waals surface area contributed by atoms with Crippen LogP contribution in [0, 0.1) is 20.8 Å². The van der Waals surface area contributed by atoms with E-state index in [2.05, 4.69) is 31.4 Å². The number of hydrogen-bond donors (Lipinski definition) is 2. The van der Waals surface area contributed by atoms with E-state index in [4.69, 9.17) is 14.5 Å². The van der Waals surface area contributed by atoms with Crippen LogP contribution in [0.1, 0.15) is 42.7 Å². The van der Waals surface area contributed by atoms with Gasteiger partial charge in [-0.25, -0.2) is 19.3 Å². The standard InChI is InChI=1S/C26H30FN7O/c1-14-11-29-26(31-20-5-4-6-22(20)34-10-9-17(27)13-34)32-24(14)19-12-28-25-18(19)7-8-21(30-25)23-15(2)33-35-16(23)3/h7-8,11-12,17,20,22H,4-6,9-10,13H2,1-3H3,(H,28,30)(H,29,31,32)/t17-,20+,22+/m1/s1. The Balaban J connectivity index is 1.29. The molecule has 9 heteroatoms. The van der Waals surface area contributed by atoms with Gasteiger partial charge in [0.05, 0.1) is 22.6 Å². The Morgan fingerprint density at radius 1 is 1.14 bits per heavy atom. The number of hydrogen-bond acceptors (Lipinski definition) is 7. The minimum atomic E-state index is -0.702. The van der Waals surface area contributed by atoms with E-state index in [1.54, 1.807) is 0 Å². The molecule has 1 saturated heterocycles. The van der Waals surface area contributed by atoms with Crippen LogP contribution in [-0.4, -0.2) is 61.3 Å². The fourth-order valence-corrected chi connectivity index (χ4v) is 5.73. The summed E-state index contributed by atoms with van der Waals surface area (Å²) < 4.78 is 19.1. The SMILES string of the molecule is Cc1cnc(N[C@H]2CCC[C@@H]2N2CC[C@@H](F)C2)nc1-c1c[nH]c2nc(-c3c(C)noc3C)ccc12. The zero-order valence-electron chi connectivity index (χ0n) is 20.3. The molecular weight excluding hydrogens is 445 g/mol. The maximum absolute atomic E-state index is 13.8. The summed E-state index contributed by atoms with van der Waals surface area (Å²) in [4.78, 5) is 19.9. The number of pyridine rings is 1. The molecule has 1 aliphatic heterocycles. The Labute approximate surface area is 203 Å². The topological polar surface area (TPSA) is 95.8 Å². The van der Waals surface area contributed by atoms with Crippen molar-refractivity contribution in [1.82, 2.24) is 30.0 Å². The molecule has 0 radical (unpaired) electrons. The Bertz CT molecular complexity index is 1360. The first-order chi connectivity index (χ1) is 17.0. The highest BCUT2D eigenvalue weighted by atomic mass is 19.1. The molecule has 0 bridgehead atoms. The van der Waals surface area contributed by atoms with Gasteiger partial charge < -0.3 is 14.8 Å². The quantitative estimate of drug-likeness (QED) is 0.420. The molecule has 0 amide bonds. The van der Waals surface area contributed by atoms with E-state index >= 15 is 0 Å². The highest BCUT2D eigenvalue weighted by molar-refractivity contribution is 5.94. The van der Waals surface area contributed by atoms with E-state index in [9.17, 15) is 4.39 Å². The number of anilines is 1. The molecule has 3 atom stereocenters. The van der Waals surface area contributed by atoms with Crippen molar-refractivity contribution >= 4 is 17.0 Å². The van der Waals surface area contributed by atoms with Crippen LogP contribution in [0.2, 0.25) is 0 Å². The van der Waals surface area contributed by atoms with Gasteiger partial charge in [-0.15, -0.1) is 0 Å². The van der Waals surface area contributed by atoms with Crippen LogP contribution < -0.4 is 5.32 Å². The number of nitrogens with zero attached hydrogens (tertiary/aromatic N) is 5. The van der Waals surface area contributed by atoms with Crippen LogP contribution >= 0.6 is 0 Å². The van der Waals surface area contributed by atoms with Gasteiger partial charge in [-0.05, 0) is 64.2 Å². The maximum Gasteiger partial charge on any atom is 0.223 e. The van der Waals surface area contributed by atoms with E-state index in [0.29, 0.717) is 25.0 Å². The van der Waals surface area contributed by atoms with Gasteiger partial charge in [-0.1, -0.05) is 5.16 Å². The largest absolute Gasteiger partial charge is 0.361 e. The number of aromatic nitrogens is 5. The lowest BCUT2D eigenvalue weighted by Crippen LogP contribution is -2.43. The minimum Gasteiger partial charge on any atom is -0.361 e. The minimum absolute atomic E-state index is 0.234. The molecule has 2 N–H and O–H groups in total. The number of aryl methyl sites for hydroxylation is 3. The second-order valence-corrected chi connectivity index (χ2v) is 9.85. The summed E-state index contributed by atoms with van der Waals surface area (Å²) in [6, 6.07) is 4.64. The molecule has 6 rings (SSSR count). The highest BCUT2D eigenvalue weighted by Crippen LogP contribution is 2.34. The molecular formula is C26H30FN7O. The Morgan fingerprint density at radius 2 is 2.03 bits per heavy atom. The molecule has 1 saturated carbocycles. The zero-order chi connectivity index (χ0) is 24.1. The number of likely N-dealkylation sites (tertiary alicyclic amines) is 1. The van der Waals surface area contributed by atoms with Crippen molar-refractivity contribution in [2.24, 2.45) is 0 Å². The number of nitrogens with one attached hydrogen (secondary N) is 2. The smallest absolute Gasteiger partial charge is 0.223 e. The van der Waals surface area contributed by atoms with Crippen LogP contribution in [0.3, 0.4) is 0 Å². The predicted molar refractivity (Wildman–Crippen MR) is 133 cm³/mol. The first-order valence-corrected chi connectivity index (χ1v) is 12.4. The van der Waals surface area contributed by atoms with Gasteiger partial charge in [0.15, 0.2) is 0 Å². The molecule has 0 aromatic carbocycles. The van der Waals surface area contributed by atoms with E-state index in [1.807, 2.05) is 39.2 Å². The normalized spacial score (nSPS) is 22.9. The third-order valence-corrected chi connectivity index (χ3v) is 7.48. The lowest BCUT2D eigenvalue weighted by Gasteiger charge is -2.29. The van der Waals surface area contributed by atoms with E-state index in [0.717, 1.165) is 76.4 Å². The molecule has 2 aliphatic rings. The number of rotatable bonds is 5. The number of alkyl halides is 1. The number of H-pyrrole nitrogens is 1. The number of fused-ring (bicyclic) bond motifs is 1. The van der Waals surface area contributed by atoms with Crippen LogP contribution in [0.5, 0.6) is 0 Å². The van der Waals surface area contributed by atoms with Gasteiger partial charge >= 0.3 is 0 Å². The second-order valence-electron chi connectivity index (χ2n) is 9.85. The van der Waals surface area contributed by atoms with E-state index < -0.39 is 6.17 Å². The van der Waals surface area contributed by atoms with Crippen LogP contribution in [0.4, 0.5) is 10.3 Å². The molecule has 35 heavy (non-hydrogen) atoms. The van der Waals surface area contributed by atoms with Gasteiger partial charge in [-0.2, -0.15) is 0 Å². The summed E-state index contributed by atoms with van der Waals surface area (Å²) in [5.41, 5.74) is 6.22. The number of aromatic amines is 1. The molecule has 5 heterocycles. The van der Waals surface area contributed by atoms with Crippen molar-refractivity contribution in [1.29, 1.82) is 0 Å². The van der Waals surface area contributed by atoms with Gasteiger partial charge in [-0.3, -0.25) is 4.90 Å². The Morgan fingerprint density at radius 3 is 2.80 bits per heavy atom. The van der Waals surface area contributed by atoms with Crippen molar-refractivity contribution < 1.29 is 8.91 Å². The lowest BCUT2D eigenvalue weighted by molar-refractivity contribution is 0.214. The molecule has 4 aromatic rings. The summed E-state index contributed by atoms with van der Waals surface area (Å²) in [7, 11) is 0. The molecule has 2 fully saturated rings. The van der Waals surface area contributed by atoms with Crippen LogP contribution in [-0.2, 0) is 0 Å². The van der Waals surface area contributed by atoms with Gasteiger partial charge in [0.2, 0.25) is 5.95 Å². The average molecular weight is 476 g/mol. The summed E-state index contributed by atoms with van der Waals surface area (Å²) in [6.07, 6.45) is 7.03. The third kappa shape index (κ3) is 3.97. The monoisotopic (exact) mass is 475 g/mol. The van der Waals surface area contributed by atoms with Crippen molar-refractivity contribution in [2.45, 2.75) is 64.7 Å². The maximum atomic E-state index is 13.8. The summed E-state index contributed by atoms with van der Waals surface area (Å²) in [6.45, 7) is 7.22. The third-order valence-electron chi connectivity index (χ3n) is 7.48. The first-order valence-electron chi connectivity index (χ1n) is 12.4. The van der Waals surface area contributed by atoms with Gasteiger partial charge in [0, 0.05) is 48.5 Å². The van der Waals surface area contributed by atoms with Crippen LogP contribution in [0.15, 0.2) is 29.0 Å². The van der Waals surface area contributed by atoms with Crippen LogP contribution in [0.25, 0.3) is 33.5 Å². The van der Waals surface area contributed by atoms with E-state index in [1.165, 1.54) is 0 Å². The van der Waals surface area contributed by atoms with Crippen molar-refractivity contribution in [2.75, 3.05) is 18.4 Å². The number of halogens is 1. The first kappa shape index (κ1) is 22.2. The summed E-state index contributed by atoms with van der Waals surface area (Å²) in [5, 5.41) is 8.62. The average Bonchev–Trinajstić information content (AvgIpc) is 3.63. The summed E-state index contributed by atoms with van der Waals surface area (Å²) in [5.74, 6) is 1.37. The van der Waals surface area contributed by atoms with Gasteiger partial charge in [0.25, 0.3) is 0 Å². The van der Waals surface area contributed by atoms with Crippen molar-refractivity contribution in [3.63, 3.8) is 0 Å². The molecule has 8 nitrogen and oxygen atoms in total. The second kappa shape index (κ2) is 8.71. The van der Waals surface area contributed by atoms with Gasteiger partial charge in [0.1, 0.15) is 17.6 Å². The Kier molecular flexibility index (Phi) is 5.51. The van der Waals surface area contributed by atoms with Crippen molar-refractivity contribution in [3.8, 4) is 22.5 Å². The highest BCUT2D eigenvalue weighted by Gasteiger charge is 2.36. The van der Waals surface area contributed by atoms with Crippen molar-refractivity contribution in [3.05, 3.63) is 41.5 Å². The molecule has 1 aliphatic carbocycles. The fourth-order valence-electron chi connectivity index (χ4n) is 5.73. The zero-order valence-corrected chi connectivity index (χ0v) is 20.3. The molecule has 0 unspecified atom stereocenters.